The molecule has 0 radical (unpaired) electrons. The zero-order valence-electron chi connectivity index (χ0n) is 13.3. The standard InChI is InChI=1S/C16H26N2O3/c1-5-16(6-2,7-3)17-14(19)12-18-10-8-9-13(11-18)15(20)21-4/h1,13H,6-12H2,2-4H3,(H,17,19). The highest BCUT2D eigenvalue weighted by atomic mass is 16.5. The van der Waals surface area contributed by atoms with Crippen LogP contribution in [-0.4, -0.2) is 49.1 Å². The molecule has 0 aromatic heterocycles. The molecule has 1 unspecified atom stereocenters. The number of carbonyl (C=O) groups excluding carboxylic acids is 2. The summed E-state index contributed by atoms with van der Waals surface area (Å²) in [6.07, 6.45) is 8.68. The minimum atomic E-state index is -0.561. The number of rotatable bonds is 6. The maximum Gasteiger partial charge on any atom is 0.309 e. The summed E-state index contributed by atoms with van der Waals surface area (Å²) < 4.78 is 4.78. The van der Waals surface area contributed by atoms with Crippen molar-refractivity contribution in [3.05, 3.63) is 0 Å². The number of likely N-dealkylation sites (tertiary alicyclic amines) is 1. The van der Waals surface area contributed by atoms with Gasteiger partial charge in [0.25, 0.3) is 0 Å². The van der Waals surface area contributed by atoms with E-state index in [2.05, 4.69) is 11.2 Å². The SMILES string of the molecule is C#CC(CC)(CC)NC(=O)CN1CCCC(C(=O)OC)C1. The number of piperidine rings is 1. The van der Waals surface area contributed by atoms with Crippen LogP contribution >= 0.6 is 0 Å². The number of nitrogens with one attached hydrogen (secondary N) is 1. The maximum atomic E-state index is 12.2. The second-order valence-corrected chi connectivity index (χ2v) is 5.58. The smallest absolute Gasteiger partial charge is 0.309 e. The molecular weight excluding hydrogens is 268 g/mol. The van der Waals surface area contributed by atoms with Crippen molar-refractivity contribution in [3.8, 4) is 12.3 Å². The zero-order valence-corrected chi connectivity index (χ0v) is 13.3. The van der Waals surface area contributed by atoms with Gasteiger partial charge in [0.2, 0.25) is 5.91 Å². The molecule has 0 aliphatic carbocycles. The summed E-state index contributed by atoms with van der Waals surface area (Å²) in [5, 5.41) is 2.95. The van der Waals surface area contributed by atoms with Gasteiger partial charge in [-0.15, -0.1) is 6.42 Å². The summed E-state index contributed by atoms with van der Waals surface area (Å²) in [7, 11) is 1.40. The van der Waals surface area contributed by atoms with E-state index in [-0.39, 0.29) is 24.3 Å². The van der Waals surface area contributed by atoms with Gasteiger partial charge in [-0.1, -0.05) is 19.8 Å². The van der Waals surface area contributed by atoms with Crippen LogP contribution in [0.3, 0.4) is 0 Å². The highest BCUT2D eigenvalue weighted by Gasteiger charge is 2.30. The molecule has 5 nitrogen and oxygen atoms in total. The van der Waals surface area contributed by atoms with E-state index in [9.17, 15) is 9.59 Å². The number of hydrogen-bond donors (Lipinski definition) is 1. The largest absolute Gasteiger partial charge is 0.469 e. The number of carbonyl (C=O) groups is 2. The molecule has 0 saturated carbocycles. The fraction of sp³-hybridized carbons (Fsp3) is 0.750. The zero-order chi connectivity index (χ0) is 15.9. The Hall–Kier alpha value is -1.54. The van der Waals surface area contributed by atoms with E-state index in [1.807, 2.05) is 18.7 Å². The van der Waals surface area contributed by atoms with Crippen molar-refractivity contribution in [2.45, 2.75) is 45.1 Å². The third kappa shape index (κ3) is 4.75. The molecule has 1 fully saturated rings. The van der Waals surface area contributed by atoms with Crippen molar-refractivity contribution in [1.82, 2.24) is 10.2 Å². The van der Waals surface area contributed by atoms with Crippen LogP contribution in [0.4, 0.5) is 0 Å². The monoisotopic (exact) mass is 294 g/mol. The van der Waals surface area contributed by atoms with Gasteiger partial charge in [-0.25, -0.2) is 0 Å². The van der Waals surface area contributed by atoms with Gasteiger partial charge in [-0.3, -0.25) is 14.5 Å². The molecule has 0 spiro atoms. The molecule has 1 aliphatic heterocycles. The lowest BCUT2D eigenvalue weighted by atomic mass is 9.93. The van der Waals surface area contributed by atoms with Crippen LogP contribution in [0.2, 0.25) is 0 Å². The third-order valence-corrected chi connectivity index (χ3v) is 4.27. The van der Waals surface area contributed by atoms with Gasteiger partial charge in [0.15, 0.2) is 0 Å². The molecular formula is C16H26N2O3. The van der Waals surface area contributed by atoms with Crippen LogP contribution in [0.5, 0.6) is 0 Å². The molecule has 1 atom stereocenters. The average molecular weight is 294 g/mol. The third-order valence-electron chi connectivity index (χ3n) is 4.27. The Bertz CT molecular complexity index is 410. The van der Waals surface area contributed by atoms with Gasteiger partial charge < -0.3 is 10.1 Å². The Balaban J connectivity index is 2.55. The predicted octanol–water partition coefficient (Wildman–Crippen LogP) is 1.18. The second-order valence-electron chi connectivity index (χ2n) is 5.58. The fourth-order valence-corrected chi connectivity index (χ4v) is 2.73. The van der Waals surface area contributed by atoms with E-state index in [0.717, 1.165) is 19.4 Å². The number of amides is 1. The highest BCUT2D eigenvalue weighted by molar-refractivity contribution is 5.79. The van der Waals surface area contributed by atoms with E-state index in [1.54, 1.807) is 0 Å². The second kappa shape index (κ2) is 8.04. The summed E-state index contributed by atoms with van der Waals surface area (Å²) in [5.41, 5.74) is -0.561. The van der Waals surface area contributed by atoms with Gasteiger partial charge >= 0.3 is 5.97 Å². The first-order valence-electron chi connectivity index (χ1n) is 7.59. The van der Waals surface area contributed by atoms with Gasteiger partial charge in [-0.2, -0.15) is 0 Å². The highest BCUT2D eigenvalue weighted by Crippen LogP contribution is 2.18. The average Bonchev–Trinajstić information content (AvgIpc) is 2.52. The van der Waals surface area contributed by atoms with Gasteiger partial charge in [0.05, 0.1) is 19.6 Å². The molecule has 0 aromatic carbocycles. The first-order chi connectivity index (χ1) is 10.00. The molecule has 1 rings (SSSR count). The predicted molar refractivity (Wildman–Crippen MR) is 81.5 cm³/mol. The van der Waals surface area contributed by atoms with E-state index >= 15 is 0 Å². The summed E-state index contributed by atoms with van der Waals surface area (Å²) in [4.78, 5) is 25.8. The summed E-state index contributed by atoms with van der Waals surface area (Å²) in [6, 6.07) is 0. The van der Waals surface area contributed by atoms with Crippen LogP contribution in [0.15, 0.2) is 0 Å². The molecule has 0 aromatic rings. The number of nitrogens with zero attached hydrogens (tertiary/aromatic N) is 1. The Morgan fingerprint density at radius 1 is 1.43 bits per heavy atom. The Morgan fingerprint density at radius 2 is 2.10 bits per heavy atom. The lowest BCUT2D eigenvalue weighted by Crippen LogP contribution is -2.51. The van der Waals surface area contributed by atoms with Crippen LogP contribution in [0, 0.1) is 18.3 Å². The summed E-state index contributed by atoms with van der Waals surface area (Å²) in [5.74, 6) is 2.29. The molecule has 1 heterocycles. The quantitative estimate of drug-likeness (QED) is 0.590. The first-order valence-corrected chi connectivity index (χ1v) is 7.59. The van der Waals surface area contributed by atoms with Crippen molar-refractivity contribution >= 4 is 11.9 Å². The Labute approximate surface area is 127 Å². The van der Waals surface area contributed by atoms with Crippen molar-refractivity contribution in [2.75, 3.05) is 26.7 Å². The Morgan fingerprint density at radius 3 is 2.62 bits per heavy atom. The number of esters is 1. The topological polar surface area (TPSA) is 58.6 Å². The minimum Gasteiger partial charge on any atom is -0.469 e. The van der Waals surface area contributed by atoms with Crippen molar-refractivity contribution < 1.29 is 14.3 Å². The molecule has 1 aliphatic rings. The molecule has 118 valence electrons. The van der Waals surface area contributed by atoms with Crippen LogP contribution in [0.25, 0.3) is 0 Å². The molecule has 1 N–H and O–H groups in total. The van der Waals surface area contributed by atoms with E-state index in [1.165, 1.54) is 7.11 Å². The molecule has 5 heteroatoms. The Kier molecular flexibility index (Phi) is 6.70. The number of ether oxygens (including phenoxy) is 1. The summed E-state index contributed by atoms with van der Waals surface area (Å²) in [6.45, 7) is 5.61. The van der Waals surface area contributed by atoms with Crippen LogP contribution in [-0.2, 0) is 14.3 Å². The minimum absolute atomic E-state index is 0.0813. The number of methoxy groups -OCH3 is 1. The molecule has 0 bridgehead atoms. The molecule has 21 heavy (non-hydrogen) atoms. The van der Waals surface area contributed by atoms with E-state index in [0.29, 0.717) is 19.4 Å². The maximum absolute atomic E-state index is 12.2. The van der Waals surface area contributed by atoms with Crippen molar-refractivity contribution in [3.63, 3.8) is 0 Å². The summed E-state index contributed by atoms with van der Waals surface area (Å²) >= 11 is 0. The van der Waals surface area contributed by atoms with Crippen LogP contribution in [0.1, 0.15) is 39.5 Å². The van der Waals surface area contributed by atoms with E-state index < -0.39 is 5.54 Å². The fourth-order valence-electron chi connectivity index (χ4n) is 2.73. The van der Waals surface area contributed by atoms with E-state index in [4.69, 9.17) is 11.2 Å². The van der Waals surface area contributed by atoms with Crippen molar-refractivity contribution in [1.29, 1.82) is 0 Å². The van der Waals surface area contributed by atoms with Crippen LogP contribution < -0.4 is 5.32 Å². The number of hydrogen-bond acceptors (Lipinski definition) is 4. The van der Waals surface area contributed by atoms with Crippen molar-refractivity contribution in [2.24, 2.45) is 5.92 Å². The van der Waals surface area contributed by atoms with Gasteiger partial charge in [0.1, 0.15) is 5.54 Å². The number of terminal acetylenes is 1. The normalized spacial score (nSPS) is 19.6. The molecule has 1 saturated heterocycles. The van der Waals surface area contributed by atoms with Gasteiger partial charge in [0, 0.05) is 6.54 Å². The lowest BCUT2D eigenvalue weighted by Gasteiger charge is -2.32. The lowest BCUT2D eigenvalue weighted by molar-refractivity contribution is -0.147. The van der Waals surface area contributed by atoms with Gasteiger partial charge in [-0.05, 0) is 32.2 Å². The first kappa shape index (κ1) is 17.5. The molecule has 1 amide bonds.